The molecule has 0 saturated heterocycles. The first-order valence-corrected chi connectivity index (χ1v) is 12.0. The monoisotopic (exact) mass is 637 g/mol. The third-order valence-corrected chi connectivity index (χ3v) is 6.15. The Hall–Kier alpha value is -2.29. The molecule has 3 rings (SSSR count). The van der Waals surface area contributed by atoms with E-state index >= 15 is 0 Å². The summed E-state index contributed by atoms with van der Waals surface area (Å²) in [5, 5.41) is 11.9. The van der Waals surface area contributed by atoms with E-state index in [0.29, 0.717) is 0 Å². The van der Waals surface area contributed by atoms with Gasteiger partial charge in [-0.25, -0.2) is 0 Å². The summed E-state index contributed by atoms with van der Waals surface area (Å²) in [6.45, 7) is 14.1. The third kappa shape index (κ3) is 8.18. The Balaban J connectivity index is 0.000000364. The number of pyridine rings is 1. The largest absolute Gasteiger partial charge is 0.512 e. The molecule has 34 heavy (non-hydrogen) atoms. The molecular weight excluding hydrogens is 599 g/mol. The normalized spacial score (nSPS) is 12.9. The van der Waals surface area contributed by atoms with Gasteiger partial charge in [-0.15, -0.1) is 34.9 Å². The fraction of sp³-hybridized carbons (Fsp3) is 0.400. The van der Waals surface area contributed by atoms with Gasteiger partial charge in [-0.05, 0) is 47.4 Å². The van der Waals surface area contributed by atoms with Crippen molar-refractivity contribution in [2.75, 3.05) is 0 Å². The number of carbonyl (C=O) groups excluding carboxylic acids is 1. The maximum atomic E-state index is 11.4. The van der Waals surface area contributed by atoms with Crippen molar-refractivity contribution in [1.82, 2.24) is 4.98 Å². The molecule has 0 spiro atoms. The second kappa shape index (κ2) is 14.2. The van der Waals surface area contributed by atoms with E-state index in [1.807, 2.05) is 33.9 Å². The number of hydrogen-bond donors (Lipinski definition) is 1. The van der Waals surface area contributed by atoms with E-state index in [1.165, 1.54) is 28.0 Å². The fourth-order valence-corrected chi connectivity index (χ4v) is 3.53. The van der Waals surface area contributed by atoms with Gasteiger partial charge in [0, 0.05) is 44.2 Å². The van der Waals surface area contributed by atoms with Gasteiger partial charge in [0.2, 0.25) is 0 Å². The molecule has 0 amide bonds. The number of ketones is 1. The molecule has 3 aromatic rings. The molecule has 3 nitrogen and oxygen atoms in total. The number of aliphatic hydroxyl groups excluding tert-OH is 1. The first kappa shape index (κ1) is 29.7. The van der Waals surface area contributed by atoms with Crippen molar-refractivity contribution in [1.29, 1.82) is 0 Å². The van der Waals surface area contributed by atoms with E-state index in [-0.39, 0.29) is 43.5 Å². The fourth-order valence-electron chi connectivity index (χ4n) is 3.53. The Morgan fingerprint density at radius 3 is 2.29 bits per heavy atom. The van der Waals surface area contributed by atoms with Crippen molar-refractivity contribution < 1.29 is 30.0 Å². The summed E-state index contributed by atoms with van der Waals surface area (Å²) in [6.07, 6.45) is 6.01. The summed E-state index contributed by atoms with van der Waals surface area (Å²) in [5.41, 5.74) is 5.87. The maximum absolute atomic E-state index is 11.4. The van der Waals surface area contributed by atoms with Gasteiger partial charge in [0.05, 0.1) is 5.76 Å². The topological polar surface area (TPSA) is 50.2 Å². The van der Waals surface area contributed by atoms with Gasteiger partial charge < -0.3 is 10.1 Å². The number of nitrogens with zero attached hydrogens (tertiary/aromatic N) is 1. The smallest absolute Gasteiger partial charge is 0.161 e. The molecule has 1 aromatic heterocycles. The zero-order valence-electron chi connectivity index (χ0n) is 21.5. The quantitative estimate of drug-likeness (QED) is 0.163. The van der Waals surface area contributed by atoms with Crippen LogP contribution in [0.4, 0.5) is 0 Å². The van der Waals surface area contributed by atoms with Gasteiger partial charge in [0.25, 0.3) is 0 Å². The van der Waals surface area contributed by atoms with Gasteiger partial charge in [-0.1, -0.05) is 66.7 Å². The molecular formula is C30H38IrNO2-. The van der Waals surface area contributed by atoms with Gasteiger partial charge in [-0.3, -0.25) is 4.79 Å². The molecule has 1 heterocycles. The number of fused-ring (bicyclic) bond motifs is 1. The minimum Gasteiger partial charge on any atom is -0.512 e. The average Bonchev–Trinajstić information content (AvgIpc) is 2.81. The second-order valence-corrected chi connectivity index (χ2v) is 8.91. The molecule has 0 aliphatic rings. The molecule has 2 unspecified atom stereocenters. The first-order valence-electron chi connectivity index (χ1n) is 12.0. The predicted octanol–water partition coefficient (Wildman–Crippen LogP) is 7.97. The van der Waals surface area contributed by atoms with Gasteiger partial charge >= 0.3 is 0 Å². The molecule has 1 N–H and O–H groups in total. The number of aliphatic hydroxyl groups is 1. The van der Waals surface area contributed by atoms with Crippen molar-refractivity contribution in [3.8, 4) is 11.3 Å². The summed E-state index contributed by atoms with van der Waals surface area (Å²) >= 11 is 0. The molecule has 0 saturated carbocycles. The molecule has 1 radical (unpaired) electrons. The van der Waals surface area contributed by atoms with Crippen molar-refractivity contribution in [3.05, 3.63) is 77.2 Å². The van der Waals surface area contributed by atoms with Crippen LogP contribution < -0.4 is 0 Å². The summed E-state index contributed by atoms with van der Waals surface area (Å²) in [7, 11) is 0. The number of hydrogen-bond acceptors (Lipinski definition) is 3. The summed E-state index contributed by atoms with van der Waals surface area (Å²) < 4.78 is 0. The Morgan fingerprint density at radius 1 is 1.03 bits per heavy atom. The Morgan fingerprint density at radius 2 is 1.71 bits per heavy atom. The van der Waals surface area contributed by atoms with Crippen LogP contribution in [0.15, 0.2) is 54.4 Å². The number of rotatable bonds is 7. The Bertz CT molecular complexity index is 1100. The van der Waals surface area contributed by atoms with Crippen LogP contribution >= 0.6 is 0 Å². The van der Waals surface area contributed by atoms with E-state index in [4.69, 9.17) is 0 Å². The van der Waals surface area contributed by atoms with Crippen molar-refractivity contribution in [3.63, 3.8) is 0 Å². The first-order chi connectivity index (χ1) is 15.7. The Labute approximate surface area is 219 Å². The molecule has 2 atom stereocenters. The predicted molar refractivity (Wildman–Crippen MR) is 139 cm³/mol. The summed E-state index contributed by atoms with van der Waals surface area (Å²) in [5.74, 6) is 0.354. The molecule has 2 aromatic carbocycles. The summed E-state index contributed by atoms with van der Waals surface area (Å²) in [6, 6.07) is 16.4. The standard InChI is InChI=1S/C19H18N.C11H20O2.Ir/c1-4-15-5-6-18-16(12-15)7-8-20-19(18)17-10-13(2)9-14(3)11-17;1-5-8(3)10(12)7-11(13)9(4)6-2;/h5-10,12H,4H2,1-3H3;7-9,12H,5-6H2,1-4H3;/q-1;;/b;10-7-;. The SMILES string of the molecule is CCC(C)C(=O)/C=C(\O)C(C)CC.CCc1ccc2c(-c3[c-]c(C)cc(C)c3)nccc2c1.[Ir]. The van der Waals surface area contributed by atoms with E-state index in [0.717, 1.165) is 36.1 Å². The van der Waals surface area contributed by atoms with Crippen molar-refractivity contribution in [2.24, 2.45) is 11.8 Å². The molecule has 0 fully saturated rings. The maximum Gasteiger partial charge on any atom is 0.161 e. The number of aryl methyl sites for hydroxylation is 3. The van der Waals surface area contributed by atoms with Gasteiger partial charge in [0.1, 0.15) is 0 Å². The zero-order valence-corrected chi connectivity index (χ0v) is 23.9. The molecule has 0 aliphatic heterocycles. The van der Waals surface area contributed by atoms with E-state index < -0.39 is 0 Å². The van der Waals surface area contributed by atoms with Crippen LogP contribution in [0.2, 0.25) is 0 Å². The van der Waals surface area contributed by atoms with Crippen molar-refractivity contribution in [2.45, 2.75) is 67.7 Å². The van der Waals surface area contributed by atoms with Crippen LogP contribution in [-0.2, 0) is 31.3 Å². The minimum atomic E-state index is 0. The Kier molecular flexibility index (Phi) is 12.4. The van der Waals surface area contributed by atoms with Gasteiger partial charge in [0.15, 0.2) is 5.78 Å². The van der Waals surface area contributed by atoms with E-state index in [1.54, 1.807) is 0 Å². The van der Waals surface area contributed by atoms with Gasteiger partial charge in [-0.2, -0.15) is 0 Å². The molecule has 185 valence electrons. The van der Waals surface area contributed by atoms with Crippen LogP contribution in [0.25, 0.3) is 22.0 Å². The number of carbonyl (C=O) groups is 1. The number of allylic oxidation sites excluding steroid dienone is 2. The van der Waals surface area contributed by atoms with Crippen LogP contribution in [-0.4, -0.2) is 15.9 Å². The second-order valence-electron chi connectivity index (χ2n) is 8.91. The molecule has 0 aliphatic carbocycles. The van der Waals surface area contributed by atoms with Crippen LogP contribution in [0, 0.1) is 31.7 Å². The minimum absolute atomic E-state index is 0. The van der Waals surface area contributed by atoms with Crippen molar-refractivity contribution >= 4 is 16.6 Å². The number of benzene rings is 2. The molecule has 4 heteroatoms. The third-order valence-electron chi connectivity index (χ3n) is 6.15. The van der Waals surface area contributed by atoms with Crippen LogP contribution in [0.1, 0.15) is 64.2 Å². The average molecular weight is 637 g/mol. The van der Waals surface area contributed by atoms with Crippen LogP contribution in [0.3, 0.4) is 0 Å². The summed E-state index contributed by atoms with van der Waals surface area (Å²) in [4.78, 5) is 16.0. The van der Waals surface area contributed by atoms with E-state index in [2.05, 4.69) is 68.2 Å². The van der Waals surface area contributed by atoms with E-state index in [9.17, 15) is 9.90 Å². The molecule has 0 bridgehead atoms. The zero-order chi connectivity index (χ0) is 24.5. The number of aromatic nitrogens is 1. The van der Waals surface area contributed by atoms with Crippen LogP contribution in [0.5, 0.6) is 0 Å².